The first-order valence-corrected chi connectivity index (χ1v) is 5.92. The summed E-state index contributed by atoms with van der Waals surface area (Å²) in [6.07, 6.45) is 5.15. The standard InChI is InChI=1S/C12H25NO/c1-4-12(2,10-13-3)9-11-5-7-14-8-6-11/h11,13H,4-10H2,1-3H3. The van der Waals surface area contributed by atoms with Gasteiger partial charge in [0, 0.05) is 19.8 Å². The summed E-state index contributed by atoms with van der Waals surface area (Å²) < 4.78 is 5.39. The molecule has 0 aromatic carbocycles. The maximum absolute atomic E-state index is 5.39. The minimum absolute atomic E-state index is 0.483. The number of hydrogen-bond acceptors (Lipinski definition) is 2. The zero-order valence-corrected chi connectivity index (χ0v) is 9.94. The van der Waals surface area contributed by atoms with Crippen LogP contribution < -0.4 is 5.32 Å². The molecule has 2 nitrogen and oxygen atoms in total. The summed E-state index contributed by atoms with van der Waals surface area (Å²) in [6, 6.07) is 0. The lowest BCUT2D eigenvalue weighted by molar-refractivity contribution is 0.0484. The second kappa shape index (κ2) is 5.72. The van der Waals surface area contributed by atoms with Gasteiger partial charge in [0.25, 0.3) is 0 Å². The Hall–Kier alpha value is -0.0800. The highest BCUT2D eigenvalue weighted by molar-refractivity contribution is 4.79. The van der Waals surface area contributed by atoms with Crippen molar-refractivity contribution in [2.24, 2.45) is 11.3 Å². The van der Waals surface area contributed by atoms with E-state index in [0.717, 1.165) is 25.7 Å². The third kappa shape index (κ3) is 3.58. The van der Waals surface area contributed by atoms with E-state index in [1.165, 1.54) is 25.7 Å². The van der Waals surface area contributed by atoms with Crippen molar-refractivity contribution in [3.63, 3.8) is 0 Å². The lowest BCUT2D eigenvalue weighted by Gasteiger charge is -2.34. The Morgan fingerprint density at radius 2 is 2.00 bits per heavy atom. The number of rotatable bonds is 5. The van der Waals surface area contributed by atoms with E-state index in [1.54, 1.807) is 0 Å². The molecule has 0 radical (unpaired) electrons. The molecule has 1 aliphatic heterocycles. The van der Waals surface area contributed by atoms with Crippen molar-refractivity contribution in [2.75, 3.05) is 26.8 Å². The van der Waals surface area contributed by atoms with Gasteiger partial charge >= 0.3 is 0 Å². The van der Waals surface area contributed by atoms with Crippen LogP contribution in [-0.2, 0) is 4.74 Å². The first kappa shape index (κ1) is 12.0. The minimum Gasteiger partial charge on any atom is -0.381 e. The zero-order valence-electron chi connectivity index (χ0n) is 9.94. The van der Waals surface area contributed by atoms with Crippen LogP contribution in [0, 0.1) is 11.3 Å². The molecule has 1 heterocycles. The molecule has 1 atom stereocenters. The topological polar surface area (TPSA) is 21.3 Å². The SMILES string of the molecule is CCC(C)(CNC)CC1CCOCC1. The van der Waals surface area contributed by atoms with Crippen LogP contribution in [0.5, 0.6) is 0 Å². The zero-order chi connectivity index (χ0) is 10.4. The number of nitrogens with one attached hydrogen (secondary N) is 1. The quantitative estimate of drug-likeness (QED) is 0.734. The first-order chi connectivity index (χ1) is 6.70. The number of hydrogen-bond donors (Lipinski definition) is 1. The normalized spacial score (nSPS) is 23.4. The van der Waals surface area contributed by atoms with Gasteiger partial charge < -0.3 is 10.1 Å². The van der Waals surface area contributed by atoms with E-state index in [1.807, 2.05) is 0 Å². The second-order valence-electron chi connectivity index (χ2n) is 4.95. The monoisotopic (exact) mass is 199 g/mol. The van der Waals surface area contributed by atoms with Gasteiger partial charge in [-0.25, -0.2) is 0 Å². The molecule has 1 unspecified atom stereocenters. The highest BCUT2D eigenvalue weighted by Crippen LogP contribution is 2.33. The summed E-state index contributed by atoms with van der Waals surface area (Å²) >= 11 is 0. The summed E-state index contributed by atoms with van der Waals surface area (Å²) in [5.41, 5.74) is 0.483. The Kier molecular flexibility index (Phi) is 4.90. The van der Waals surface area contributed by atoms with Crippen molar-refractivity contribution >= 4 is 0 Å². The third-order valence-electron chi connectivity index (χ3n) is 3.58. The lowest BCUT2D eigenvalue weighted by atomic mass is 9.76. The molecule has 0 aliphatic carbocycles. The van der Waals surface area contributed by atoms with Crippen LogP contribution >= 0.6 is 0 Å². The van der Waals surface area contributed by atoms with E-state index in [-0.39, 0.29) is 0 Å². The van der Waals surface area contributed by atoms with E-state index in [4.69, 9.17) is 4.74 Å². The Morgan fingerprint density at radius 3 is 2.50 bits per heavy atom. The molecular weight excluding hydrogens is 174 g/mol. The minimum atomic E-state index is 0.483. The van der Waals surface area contributed by atoms with E-state index in [0.29, 0.717) is 5.41 Å². The van der Waals surface area contributed by atoms with Gasteiger partial charge in [-0.1, -0.05) is 13.8 Å². The predicted octanol–water partition coefficient (Wildman–Crippen LogP) is 2.44. The number of ether oxygens (including phenoxy) is 1. The first-order valence-electron chi connectivity index (χ1n) is 5.92. The third-order valence-corrected chi connectivity index (χ3v) is 3.58. The highest BCUT2D eigenvalue weighted by atomic mass is 16.5. The fraction of sp³-hybridized carbons (Fsp3) is 1.00. The Labute approximate surface area is 88.4 Å². The smallest absolute Gasteiger partial charge is 0.0468 e. The molecule has 0 spiro atoms. The summed E-state index contributed by atoms with van der Waals surface area (Å²) in [6.45, 7) is 7.80. The molecule has 0 saturated carbocycles. The van der Waals surface area contributed by atoms with Crippen LogP contribution in [0.2, 0.25) is 0 Å². The van der Waals surface area contributed by atoms with Crippen LogP contribution in [0.15, 0.2) is 0 Å². The predicted molar refractivity (Wildman–Crippen MR) is 60.5 cm³/mol. The molecule has 1 fully saturated rings. The van der Waals surface area contributed by atoms with Crippen molar-refractivity contribution in [2.45, 2.75) is 39.5 Å². The maximum atomic E-state index is 5.39. The van der Waals surface area contributed by atoms with Crippen LogP contribution in [0.3, 0.4) is 0 Å². The van der Waals surface area contributed by atoms with Gasteiger partial charge in [-0.3, -0.25) is 0 Å². The highest BCUT2D eigenvalue weighted by Gasteiger charge is 2.26. The van der Waals surface area contributed by atoms with Crippen molar-refractivity contribution < 1.29 is 4.74 Å². The molecule has 0 aromatic rings. The Bertz CT molecular complexity index is 154. The van der Waals surface area contributed by atoms with Crippen LogP contribution in [0.25, 0.3) is 0 Å². The van der Waals surface area contributed by atoms with E-state index in [9.17, 15) is 0 Å². The molecule has 0 aromatic heterocycles. The van der Waals surface area contributed by atoms with Crippen molar-refractivity contribution in [1.82, 2.24) is 5.32 Å². The Morgan fingerprint density at radius 1 is 1.36 bits per heavy atom. The fourth-order valence-electron chi connectivity index (χ4n) is 2.42. The molecule has 0 amide bonds. The van der Waals surface area contributed by atoms with Crippen LogP contribution in [-0.4, -0.2) is 26.8 Å². The lowest BCUT2D eigenvalue weighted by Crippen LogP contribution is -2.32. The molecule has 14 heavy (non-hydrogen) atoms. The average molecular weight is 199 g/mol. The van der Waals surface area contributed by atoms with Crippen LogP contribution in [0.4, 0.5) is 0 Å². The van der Waals surface area contributed by atoms with Gasteiger partial charge in [0.15, 0.2) is 0 Å². The molecule has 2 heteroatoms. The summed E-state index contributed by atoms with van der Waals surface area (Å²) in [4.78, 5) is 0. The second-order valence-corrected chi connectivity index (χ2v) is 4.95. The largest absolute Gasteiger partial charge is 0.381 e. The summed E-state index contributed by atoms with van der Waals surface area (Å²) in [7, 11) is 2.05. The van der Waals surface area contributed by atoms with Gasteiger partial charge in [0.2, 0.25) is 0 Å². The summed E-state index contributed by atoms with van der Waals surface area (Å²) in [5, 5.41) is 3.32. The van der Waals surface area contributed by atoms with Crippen molar-refractivity contribution in [3.8, 4) is 0 Å². The van der Waals surface area contributed by atoms with Gasteiger partial charge in [-0.15, -0.1) is 0 Å². The van der Waals surface area contributed by atoms with Gasteiger partial charge in [0.05, 0.1) is 0 Å². The van der Waals surface area contributed by atoms with Gasteiger partial charge in [0.1, 0.15) is 0 Å². The molecule has 84 valence electrons. The van der Waals surface area contributed by atoms with E-state index >= 15 is 0 Å². The van der Waals surface area contributed by atoms with Crippen molar-refractivity contribution in [3.05, 3.63) is 0 Å². The van der Waals surface area contributed by atoms with Crippen molar-refractivity contribution in [1.29, 1.82) is 0 Å². The molecule has 1 N–H and O–H groups in total. The van der Waals surface area contributed by atoms with E-state index in [2.05, 4.69) is 26.2 Å². The molecule has 0 bridgehead atoms. The summed E-state index contributed by atoms with van der Waals surface area (Å²) in [5.74, 6) is 0.891. The molecule has 1 rings (SSSR count). The average Bonchev–Trinajstić information content (AvgIpc) is 2.20. The van der Waals surface area contributed by atoms with E-state index < -0.39 is 0 Å². The van der Waals surface area contributed by atoms with Crippen LogP contribution in [0.1, 0.15) is 39.5 Å². The maximum Gasteiger partial charge on any atom is 0.0468 e. The van der Waals surface area contributed by atoms with Gasteiger partial charge in [-0.05, 0) is 44.1 Å². The fourth-order valence-corrected chi connectivity index (χ4v) is 2.42. The Balaban J connectivity index is 2.37. The molecule has 1 aliphatic rings. The van der Waals surface area contributed by atoms with Gasteiger partial charge in [-0.2, -0.15) is 0 Å². The molecule has 1 saturated heterocycles. The molecular formula is C12H25NO.